The van der Waals surface area contributed by atoms with E-state index in [9.17, 15) is 18.8 Å². The molecule has 3 aromatic rings. The van der Waals surface area contributed by atoms with Gasteiger partial charge < -0.3 is 15.8 Å². The Hall–Kier alpha value is -3.26. The summed E-state index contributed by atoms with van der Waals surface area (Å²) in [6, 6.07) is 12.0. The van der Waals surface area contributed by atoms with Crippen molar-refractivity contribution in [3.8, 4) is 0 Å². The summed E-state index contributed by atoms with van der Waals surface area (Å²) >= 11 is 1.09. The van der Waals surface area contributed by atoms with Gasteiger partial charge in [-0.05, 0) is 49.4 Å². The van der Waals surface area contributed by atoms with Gasteiger partial charge in [0, 0.05) is 21.3 Å². The molecule has 3 rings (SSSR count). The maximum Gasteiger partial charge on any atom is 0.349 e. The van der Waals surface area contributed by atoms with Gasteiger partial charge in [0.25, 0.3) is 5.91 Å². The van der Waals surface area contributed by atoms with Gasteiger partial charge in [0.05, 0.1) is 0 Å². The molecule has 0 radical (unpaired) electrons. The van der Waals surface area contributed by atoms with E-state index in [4.69, 9.17) is 10.5 Å². The molecule has 0 aliphatic carbocycles. The van der Waals surface area contributed by atoms with Crippen LogP contribution in [0.25, 0.3) is 10.1 Å². The van der Waals surface area contributed by atoms with Crippen molar-refractivity contribution >= 4 is 44.9 Å². The molecule has 6 nitrogen and oxygen atoms in total. The molecule has 3 N–H and O–H groups in total. The Kier molecular flexibility index (Phi) is 5.18. The van der Waals surface area contributed by atoms with E-state index in [-0.39, 0.29) is 4.88 Å². The van der Waals surface area contributed by atoms with Gasteiger partial charge in [-0.2, -0.15) is 0 Å². The second-order valence-electron chi connectivity index (χ2n) is 5.74. The van der Waals surface area contributed by atoms with Gasteiger partial charge in [-0.15, -0.1) is 11.3 Å². The third-order valence-corrected chi connectivity index (χ3v) is 4.88. The number of hydrogen-bond donors (Lipinski definition) is 2. The molecule has 1 aromatic heterocycles. The highest BCUT2D eigenvalue weighted by atomic mass is 32.1. The van der Waals surface area contributed by atoms with E-state index in [2.05, 4.69) is 5.32 Å². The van der Waals surface area contributed by atoms with Crippen molar-refractivity contribution in [2.45, 2.75) is 13.0 Å². The maximum absolute atomic E-state index is 13.7. The summed E-state index contributed by atoms with van der Waals surface area (Å²) in [6.07, 6.45) is -1.07. The fourth-order valence-electron chi connectivity index (χ4n) is 2.36. The number of rotatable bonds is 5. The largest absolute Gasteiger partial charge is 0.448 e. The van der Waals surface area contributed by atoms with Crippen LogP contribution in [0.2, 0.25) is 0 Å². The molecule has 138 valence electrons. The molecule has 1 atom stereocenters. The number of thiophene rings is 1. The highest BCUT2D eigenvalue weighted by Gasteiger charge is 2.21. The number of nitrogens with one attached hydrogen (secondary N) is 1. The Bertz CT molecular complexity index is 1030. The van der Waals surface area contributed by atoms with E-state index in [1.165, 1.54) is 43.3 Å². The highest BCUT2D eigenvalue weighted by Crippen LogP contribution is 2.28. The van der Waals surface area contributed by atoms with Crippen LogP contribution in [0.15, 0.2) is 48.5 Å². The number of benzene rings is 2. The minimum absolute atomic E-state index is 0.209. The van der Waals surface area contributed by atoms with Crippen molar-refractivity contribution in [1.29, 1.82) is 0 Å². The van der Waals surface area contributed by atoms with Crippen molar-refractivity contribution in [2.24, 2.45) is 5.73 Å². The Morgan fingerprint density at radius 2 is 1.85 bits per heavy atom. The van der Waals surface area contributed by atoms with Crippen LogP contribution in [0.1, 0.15) is 27.0 Å². The molecule has 0 aliphatic rings. The molecule has 8 heteroatoms. The quantitative estimate of drug-likeness (QED) is 0.657. The number of ether oxygens (including phenoxy) is 1. The lowest BCUT2D eigenvalue weighted by Crippen LogP contribution is -2.29. The summed E-state index contributed by atoms with van der Waals surface area (Å²) < 4.78 is 19.5. The zero-order valence-corrected chi connectivity index (χ0v) is 15.0. The summed E-state index contributed by atoms with van der Waals surface area (Å²) in [6.45, 7) is 1.43. The van der Waals surface area contributed by atoms with Crippen LogP contribution in [0, 0.1) is 5.82 Å². The van der Waals surface area contributed by atoms with Gasteiger partial charge >= 0.3 is 5.97 Å². The van der Waals surface area contributed by atoms with E-state index < -0.39 is 29.7 Å². The SMILES string of the molecule is C[C@@H](OC(=O)c1cc2c(F)cccc2s1)C(=O)Nc1ccc(C(N)=O)cc1. The summed E-state index contributed by atoms with van der Waals surface area (Å²) in [5.41, 5.74) is 5.89. The minimum atomic E-state index is -1.07. The zero-order valence-electron chi connectivity index (χ0n) is 14.2. The number of hydrogen-bond acceptors (Lipinski definition) is 5. The molecule has 2 aromatic carbocycles. The molecule has 0 fully saturated rings. The van der Waals surface area contributed by atoms with Crippen LogP contribution in [0.5, 0.6) is 0 Å². The van der Waals surface area contributed by atoms with E-state index in [0.29, 0.717) is 21.3 Å². The molecular formula is C19H15FN2O4S. The third-order valence-electron chi connectivity index (χ3n) is 3.80. The van der Waals surface area contributed by atoms with E-state index in [0.717, 1.165) is 11.3 Å². The van der Waals surface area contributed by atoms with E-state index in [1.807, 2.05) is 0 Å². The number of esters is 1. The Labute approximate surface area is 157 Å². The number of anilines is 1. The predicted octanol–water partition coefficient (Wildman–Crippen LogP) is 3.32. The van der Waals surface area contributed by atoms with Crippen LogP contribution in [0.3, 0.4) is 0 Å². The Balaban J connectivity index is 1.65. The Morgan fingerprint density at radius 1 is 1.15 bits per heavy atom. The maximum atomic E-state index is 13.7. The second-order valence-corrected chi connectivity index (χ2v) is 6.82. The standard InChI is InChI=1S/C19H15FN2O4S/c1-10(18(24)22-12-7-5-11(6-8-12)17(21)23)26-19(25)16-9-13-14(20)3-2-4-15(13)27-16/h2-10H,1H3,(H2,21,23)(H,22,24)/t10-/m1/s1. The average Bonchev–Trinajstić information content (AvgIpc) is 3.08. The first-order chi connectivity index (χ1) is 12.8. The first kappa shape index (κ1) is 18.5. The lowest BCUT2D eigenvalue weighted by molar-refractivity contribution is -0.123. The first-order valence-corrected chi connectivity index (χ1v) is 8.76. The van der Waals surface area contributed by atoms with Crippen LogP contribution in [-0.2, 0) is 9.53 Å². The highest BCUT2D eigenvalue weighted by molar-refractivity contribution is 7.20. The van der Waals surface area contributed by atoms with Crippen molar-refractivity contribution in [3.05, 3.63) is 64.8 Å². The molecule has 0 aliphatic heterocycles. The summed E-state index contributed by atoms with van der Waals surface area (Å²) in [4.78, 5) is 35.7. The summed E-state index contributed by atoms with van der Waals surface area (Å²) in [5.74, 6) is -2.24. The monoisotopic (exact) mass is 386 g/mol. The van der Waals surface area contributed by atoms with Crippen LogP contribution >= 0.6 is 11.3 Å². The molecule has 27 heavy (non-hydrogen) atoms. The van der Waals surface area contributed by atoms with E-state index >= 15 is 0 Å². The molecule has 0 bridgehead atoms. The first-order valence-electron chi connectivity index (χ1n) is 7.95. The van der Waals surface area contributed by atoms with Crippen LogP contribution < -0.4 is 11.1 Å². The van der Waals surface area contributed by atoms with Crippen LogP contribution in [-0.4, -0.2) is 23.9 Å². The summed E-state index contributed by atoms with van der Waals surface area (Å²) in [5, 5.41) is 2.91. The topological polar surface area (TPSA) is 98.5 Å². The van der Waals surface area contributed by atoms with Gasteiger partial charge in [-0.1, -0.05) is 6.07 Å². The average molecular weight is 386 g/mol. The van der Waals surface area contributed by atoms with E-state index in [1.54, 1.807) is 12.1 Å². The molecule has 2 amide bonds. The lowest BCUT2D eigenvalue weighted by atomic mass is 10.2. The fourth-order valence-corrected chi connectivity index (χ4v) is 3.32. The third kappa shape index (κ3) is 4.12. The molecule has 0 saturated heterocycles. The number of fused-ring (bicyclic) bond motifs is 1. The number of carbonyl (C=O) groups is 3. The molecule has 0 unspecified atom stereocenters. The summed E-state index contributed by atoms with van der Waals surface area (Å²) in [7, 11) is 0. The van der Waals surface area contributed by atoms with Gasteiger partial charge in [0.2, 0.25) is 5.91 Å². The molecule has 0 spiro atoms. The molecule has 0 saturated carbocycles. The van der Waals surface area contributed by atoms with Crippen LogP contribution in [0.4, 0.5) is 10.1 Å². The lowest BCUT2D eigenvalue weighted by Gasteiger charge is -2.13. The predicted molar refractivity (Wildman–Crippen MR) is 100 cm³/mol. The fraction of sp³-hybridized carbons (Fsp3) is 0.105. The zero-order chi connectivity index (χ0) is 19.6. The van der Waals surface area contributed by atoms with Gasteiger partial charge in [0.15, 0.2) is 6.10 Å². The normalized spacial score (nSPS) is 11.8. The number of amides is 2. The van der Waals surface area contributed by atoms with Gasteiger partial charge in [-0.25, -0.2) is 9.18 Å². The number of primary amides is 1. The molecular weight excluding hydrogens is 371 g/mol. The number of halogens is 1. The smallest absolute Gasteiger partial charge is 0.349 e. The Morgan fingerprint density at radius 3 is 2.48 bits per heavy atom. The molecule has 1 heterocycles. The number of carbonyl (C=O) groups excluding carboxylic acids is 3. The van der Waals surface area contributed by atoms with Crippen molar-refractivity contribution in [3.63, 3.8) is 0 Å². The number of nitrogens with two attached hydrogens (primary N) is 1. The van der Waals surface area contributed by atoms with Crippen molar-refractivity contribution in [2.75, 3.05) is 5.32 Å². The van der Waals surface area contributed by atoms with Gasteiger partial charge in [-0.3, -0.25) is 9.59 Å². The van der Waals surface area contributed by atoms with Crippen molar-refractivity contribution in [1.82, 2.24) is 0 Å². The van der Waals surface area contributed by atoms with Crippen molar-refractivity contribution < 1.29 is 23.5 Å². The van der Waals surface area contributed by atoms with Gasteiger partial charge in [0.1, 0.15) is 10.7 Å². The minimum Gasteiger partial charge on any atom is -0.448 e. The second kappa shape index (κ2) is 7.55.